The predicted octanol–water partition coefficient (Wildman–Crippen LogP) is 4.43. The van der Waals surface area contributed by atoms with E-state index in [2.05, 4.69) is 20.5 Å². The highest BCUT2D eigenvalue weighted by Gasteiger charge is 2.18. The standard InChI is InChI=1S/C18H16N4O3S/c1-10-4-2-3-5-12(10)20-18(26)22-21-16-11-8-14-15(25-7-6-24-14)9-13(11)19-17(16)23/h2-5,8-9,19,23H,6-7H2,1H3,(H,20,26). The predicted molar refractivity (Wildman–Crippen MR) is 103 cm³/mol. The monoisotopic (exact) mass is 368 g/mol. The fourth-order valence-corrected chi connectivity index (χ4v) is 2.90. The average Bonchev–Trinajstić information content (AvgIpc) is 2.94. The van der Waals surface area contributed by atoms with Crippen molar-refractivity contribution in [2.24, 2.45) is 10.2 Å². The fourth-order valence-electron chi connectivity index (χ4n) is 2.75. The Balaban J connectivity index is 1.62. The Morgan fingerprint density at radius 1 is 1.19 bits per heavy atom. The maximum Gasteiger partial charge on any atom is 0.218 e. The summed E-state index contributed by atoms with van der Waals surface area (Å²) in [5, 5.41) is 22.2. The molecule has 2 heterocycles. The van der Waals surface area contributed by atoms with Crippen LogP contribution in [-0.4, -0.2) is 28.4 Å². The van der Waals surface area contributed by atoms with Crippen molar-refractivity contribution in [3.63, 3.8) is 0 Å². The zero-order valence-electron chi connectivity index (χ0n) is 13.9. The molecule has 1 aromatic heterocycles. The van der Waals surface area contributed by atoms with E-state index in [1.165, 1.54) is 0 Å². The Morgan fingerprint density at radius 3 is 2.69 bits per heavy atom. The highest BCUT2D eigenvalue weighted by molar-refractivity contribution is 7.80. The summed E-state index contributed by atoms with van der Waals surface area (Å²) in [4.78, 5) is 2.86. The lowest BCUT2D eigenvalue weighted by Gasteiger charge is -2.18. The Kier molecular flexibility index (Phi) is 4.18. The minimum absolute atomic E-state index is 0.0928. The largest absolute Gasteiger partial charge is 0.493 e. The van der Waals surface area contributed by atoms with E-state index in [0.29, 0.717) is 41.3 Å². The zero-order chi connectivity index (χ0) is 18.1. The van der Waals surface area contributed by atoms with Crippen molar-refractivity contribution < 1.29 is 14.6 Å². The topological polar surface area (TPSA) is 91.2 Å². The van der Waals surface area contributed by atoms with Crippen LogP contribution in [0.5, 0.6) is 17.4 Å². The van der Waals surface area contributed by atoms with Gasteiger partial charge in [-0.05, 0) is 36.8 Å². The SMILES string of the molecule is Cc1ccccc1NC(=S)N=Nc1c(O)[nH]c2cc3c(cc12)OCCO3. The average molecular weight is 368 g/mol. The summed E-state index contributed by atoms with van der Waals surface area (Å²) in [5.74, 6) is 1.15. The van der Waals surface area contributed by atoms with Crippen molar-refractivity contribution in [1.29, 1.82) is 0 Å². The Morgan fingerprint density at radius 2 is 1.92 bits per heavy atom. The number of H-pyrrole nitrogens is 1. The molecule has 26 heavy (non-hydrogen) atoms. The molecule has 3 N–H and O–H groups in total. The van der Waals surface area contributed by atoms with Gasteiger partial charge in [0.1, 0.15) is 13.2 Å². The summed E-state index contributed by atoms with van der Waals surface area (Å²) in [7, 11) is 0. The summed E-state index contributed by atoms with van der Waals surface area (Å²) in [5.41, 5.74) is 2.88. The number of ether oxygens (including phenoxy) is 2. The molecule has 4 rings (SSSR count). The first kappa shape index (κ1) is 16.3. The van der Waals surface area contributed by atoms with E-state index >= 15 is 0 Å². The van der Waals surface area contributed by atoms with Gasteiger partial charge in [-0.15, -0.1) is 10.2 Å². The number of aromatic nitrogens is 1. The van der Waals surface area contributed by atoms with E-state index < -0.39 is 0 Å². The molecule has 1 aliphatic heterocycles. The van der Waals surface area contributed by atoms with Gasteiger partial charge >= 0.3 is 0 Å². The molecule has 0 saturated carbocycles. The number of para-hydroxylation sites is 1. The first-order valence-electron chi connectivity index (χ1n) is 8.04. The number of fused-ring (bicyclic) bond motifs is 2. The molecule has 0 fully saturated rings. The van der Waals surface area contributed by atoms with Gasteiger partial charge in [0.25, 0.3) is 0 Å². The van der Waals surface area contributed by atoms with E-state index in [1.54, 1.807) is 12.1 Å². The molecular formula is C18H16N4O3S. The van der Waals surface area contributed by atoms with Crippen molar-refractivity contribution in [3.05, 3.63) is 42.0 Å². The van der Waals surface area contributed by atoms with Crippen LogP contribution in [0.15, 0.2) is 46.6 Å². The molecule has 0 unspecified atom stereocenters. The second-order valence-corrected chi connectivity index (χ2v) is 6.20. The number of nitrogens with one attached hydrogen (secondary N) is 2. The lowest BCUT2D eigenvalue weighted by molar-refractivity contribution is 0.172. The zero-order valence-corrected chi connectivity index (χ0v) is 14.8. The molecule has 0 atom stereocenters. The van der Waals surface area contributed by atoms with E-state index in [4.69, 9.17) is 21.7 Å². The van der Waals surface area contributed by atoms with Crippen LogP contribution >= 0.6 is 12.2 Å². The van der Waals surface area contributed by atoms with Gasteiger partial charge in [0, 0.05) is 17.1 Å². The summed E-state index contributed by atoms with van der Waals surface area (Å²) in [6.07, 6.45) is 0. The van der Waals surface area contributed by atoms with Gasteiger partial charge in [0.05, 0.1) is 5.52 Å². The maximum absolute atomic E-state index is 10.2. The molecule has 132 valence electrons. The third-order valence-corrected chi connectivity index (χ3v) is 4.23. The number of aromatic hydroxyl groups is 1. The second-order valence-electron chi connectivity index (χ2n) is 5.81. The molecular weight excluding hydrogens is 352 g/mol. The van der Waals surface area contributed by atoms with Gasteiger partial charge in [-0.3, -0.25) is 0 Å². The summed E-state index contributed by atoms with van der Waals surface area (Å²) >= 11 is 5.22. The van der Waals surface area contributed by atoms with Crippen LogP contribution in [0.1, 0.15) is 5.56 Å². The second kappa shape index (κ2) is 6.64. The van der Waals surface area contributed by atoms with Crippen molar-refractivity contribution in [2.45, 2.75) is 6.92 Å². The molecule has 2 aromatic carbocycles. The molecule has 0 radical (unpaired) electrons. The number of benzene rings is 2. The quantitative estimate of drug-likeness (QED) is 0.460. The molecule has 1 aliphatic rings. The molecule has 0 amide bonds. The van der Waals surface area contributed by atoms with Crippen molar-refractivity contribution in [3.8, 4) is 17.4 Å². The fraction of sp³-hybridized carbons (Fsp3) is 0.167. The van der Waals surface area contributed by atoms with E-state index in [9.17, 15) is 5.11 Å². The van der Waals surface area contributed by atoms with Gasteiger partial charge in [-0.2, -0.15) is 0 Å². The number of hydrogen-bond donors (Lipinski definition) is 3. The third-order valence-electron chi connectivity index (χ3n) is 4.04. The van der Waals surface area contributed by atoms with E-state index in [1.807, 2.05) is 31.2 Å². The number of rotatable bonds is 2. The lowest BCUT2D eigenvalue weighted by Crippen LogP contribution is -2.15. The number of aryl methyl sites for hydroxylation is 1. The lowest BCUT2D eigenvalue weighted by atomic mass is 10.2. The molecule has 0 spiro atoms. The van der Waals surface area contributed by atoms with Crippen LogP contribution in [0.25, 0.3) is 10.9 Å². The molecule has 8 heteroatoms. The molecule has 0 saturated heterocycles. The molecule has 3 aromatic rings. The van der Waals surface area contributed by atoms with Crippen molar-refractivity contribution >= 4 is 39.6 Å². The molecule has 7 nitrogen and oxygen atoms in total. The Hall–Kier alpha value is -3.13. The smallest absolute Gasteiger partial charge is 0.218 e. The number of thiocarbonyl (C=S) groups is 1. The minimum atomic E-state index is -0.0928. The van der Waals surface area contributed by atoms with Crippen molar-refractivity contribution in [2.75, 3.05) is 18.5 Å². The van der Waals surface area contributed by atoms with Crippen LogP contribution in [0, 0.1) is 6.92 Å². The van der Waals surface area contributed by atoms with Gasteiger partial charge < -0.3 is 24.9 Å². The summed E-state index contributed by atoms with van der Waals surface area (Å²) in [6.45, 7) is 2.95. The van der Waals surface area contributed by atoms with Gasteiger partial charge in [-0.25, -0.2) is 0 Å². The van der Waals surface area contributed by atoms with Crippen LogP contribution in [0.3, 0.4) is 0 Å². The Bertz CT molecular complexity index is 1030. The van der Waals surface area contributed by atoms with Gasteiger partial charge in [0.2, 0.25) is 11.0 Å². The number of hydrogen-bond acceptors (Lipinski definition) is 5. The Labute approximate surface area is 154 Å². The number of nitrogens with zero attached hydrogens (tertiary/aromatic N) is 2. The first-order valence-corrected chi connectivity index (χ1v) is 8.45. The van der Waals surface area contributed by atoms with E-state index in [-0.39, 0.29) is 11.0 Å². The molecule has 0 bridgehead atoms. The van der Waals surface area contributed by atoms with Crippen molar-refractivity contribution in [1.82, 2.24) is 4.98 Å². The summed E-state index contributed by atoms with van der Waals surface area (Å²) < 4.78 is 11.1. The van der Waals surface area contributed by atoms with E-state index in [0.717, 1.165) is 11.3 Å². The minimum Gasteiger partial charge on any atom is -0.493 e. The number of anilines is 1. The number of aromatic amines is 1. The summed E-state index contributed by atoms with van der Waals surface area (Å²) in [6, 6.07) is 11.3. The molecule has 0 aliphatic carbocycles. The maximum atomic E-state index is 10.2. The van der Waals surface area contributed by atoms with Crippen LogP contribution < -0.4 is 14.8 Å². The normalized spacial score (nSPS) is 13.3. The van der Waals surface area contributed by atoms with Crippen LogP contribution in [0.2, 0.25) is 0 Å². The highest BCUT2D eigenvalue weighted by Crippen LogP contribution is 2.42. The highest BCUT2D eigenvalue weighted by atomic mass is 32.1. The number of azo groups is 1. The van der Waals surface area contributed by atoms with Gasteiger partial charge in [0.15, 0.2) is 17.2 Å². The third kappa shape index (κ3) is 3.06. The van der Waals surface area contributed by atoms with Gasteiger partial charge in [-0.1, -0.05) is 18.2 Å². The van der Waals surface area contributed by atoms with Crippen LogP contribution in [0.4, 0.5) is 11.4 Å². The van der Waals surface area contributed by atoms with Crippen LogP contribution in [-0.2, 0) is 0 Å². The first-order chi connectivity index (χ1) is 12.6.